The molecule has 1 fully saturated rings. The van der Waals surface area contributed by atoms with Gasteiger partial charge in [0.05, 0.1) is 18.1 Å². The zero-order chi connectivity index (χ0) is 36.3. The highest BCUT2D eigenvalue weighted by Crippen LogP contribution is 2.63. The maximum Gasteiger partial charge on any atom is 0.135 e. The molecule has 8 rings (SSSR count). The second-order valence-corrected chi connectivity index (χ2v) is 13.3. The molecule has 6 aromatic carbocycles. The Kier molecular flexibility index (Phi) is 7.96. The maximum absolute atomic E-state index is 11.4. The molecule has 6 aromatic rings. The van der Waals surface area contributed by atoms with Crippen LogP contribution in [0, 0.1) is 0 Å². The Morgan fingerprint density at radius 3 is 1.23 bits per heavy atom. The monoisotopic (exact) mass is 698 g/mol. The Labute approximate surface area is 297 Å². The van der Waals surface area contributed by atoms with E-state index in [-0.39, 0.29) is 46.0 Å². The van der Waals surface area contributed by atoms with Gasteiger partial charge >= 0.3 is 0 Å². The number of benzene rings is 6. The molecule has 2 heterocycles. The Hall–Kier alpha value is -6.52. The predicted molar refractivity (Wildman–Crippen MR) is 189 cm³/mol. The third-order valence-corrected chi connectivity index (χ3v) is 9.98. The summed E-state index contributed by atoms with van der Waals surface area (Å²) in [6.45, 7) is 0. The molecule has 0 saturated carbocycles. The molecule has 2 aliphatic heterocycles. The summed E-state index contributed by atoms with van der Waals surface area (Å²) in [5, 5.41) is 84.7. The van der Waals surface area contributed by atoms with Gasteiger partial charge in [-0.3, -0.25) is 0 Å². The SMILES string of the molecule is Oc1ccc([C@H]2O[C@@H](c3ccc(O)cc3)[C@@H](c3cc(O)cc(O)c3)[C@@H]2c2cc(O)cc3c2[C@@H](c2cc(O)cc(O)c2)[C@H](c2ccc(O)cc2)O3)cc1. The minimum absolute atomic E-state index is 0.0509. The van der Waals surface area contributed by atoms with Crippen molar-refractivity contribution in [1.29, 1.82) is 0 Å². The first kappa shape index (κ1) is 32.7. The standard InChI is InChI=1S/C42H34O10/c43-26-7-1-21(2-8-26)40-36(24-13-29(46)17-30(47)14-24)38-34(19-33(50)20-35(38)51-40)39-37(25-15-31(48)18-32(49)16-25)41(22-3-9-27(44)10-4-22)52-42(39)23-5-11-28(45)12-6-23/h1-20,36-37,39-50H/t36-,37+,39+,40+,41+,42-/m1/s1. The van der Waals surface area contributed by atoms with Crippen molar-refractivity contribution in [3.8, 4) is 51.7 Å². The first-order valence-electron chi connectivity index (χ1n) is 16.6. The fraction of sp³-hybridized carbons (Fsp3) is 0.143. The fourth-order valence-electron chi connectivity index (χ4n) is 7.91. The molecule has 0 unspecified atom stereocenters. The lowest BCUT2D eigenvalue weighted by Gasteiger charge is -2.29. The number of fused-ring (bicyclic) bond motifs is 1. The fourth-order valence-corrected chi connectivity index (χ4v) is 7.91. The third kappa shape index (κ3) is 5.88. The van der Waals surface area contributed by atoms with E-state index < -0.39 is 36.1 Å². The Bertz CT molecular complexity index is 2230. The third-order valence-electron chi connectivity index (χ3n) is 9.98. The summed E-state index contributed by atoms with van der Waals surface area (Å²) in [6.07, 6.45) is -2.20. The lowest BCUT2D eigenvalue weighted by atomic mass is 9.71. The maximum atomic E-state index is 11.4. The van der Waals surface area contributed by atoms with Crippen LogP contribution in [0.25, 0.3) is 0 Å². The van der Waals surface area contributed by atoms with Gasteiger partial charge < -0.3 is 50.3 Å². The van der Waals surface area contributed by atoms with Crippen molar-refractivity contribution in [3.05, 3.63) is 160 Å². The normalized spacial score (nSPS) is 22.2. The van der Waals surface area contributed by atoms with Crippen molar-refractivity contribution in [2.45, 2.75) is 36.1 Å². The van der Waals surface area contributed by atoms with E-state index in [0.717, 1.165) is 0 Å². The molecule has 10 nitrogen and oxygen atoms in total. The highest BCUT2D eigenvalue weighted by atomic mass is 16.5. The zero-order valence-corrected chi connectivity index (χ0v) is 27.4. The van der Waals surface area contributed by atoms with Crippen molar-refractivity contribution < 1.29 is 50.3 Å². The molecule has 0 aromatic heterocycles. The van der Waals surface area contributed by atoms with Crippen LogP contribution in [0.1, 0.15) is 75.0 Å². The molecular weight excluding hydrogens is 664 g/mol. The zero-order valence-electron chi connectivity index (χ0n) is 27.4. The summed E-state index contributed by atoms with van der Waals surface area (Å²) >= 11 is 0. The summed E-state index contributed by atoms with van der Waals surface area (Å²) in [7, 11) is 0. The van der Waals surface area contributed by atoms with E-state index in [2.05, 4.69) is 0 Å². The van der Waals surface area contributed by atoms with E-state index in [9.17, 15) is 40.9 Å². The Balaban J connectivity index is 1.41. The summed E-state index contributed by atoms with van der Waals surface area (Å²) in [4.78, 5) is 0. The van der Waals surface area contributed by atoms with Gasteiger partial charge in [0.15, 0.2) is 0 Å². The minimum atomic E-state index is -0.745. The lowest BCUT2D eigenvalue weighted by Crippen LogP contribution is -2.17. The van der Waals surface area contributed by atoms with E-state index >= 15 is 0 Å². The van der Waals surface area contributed by atoms with Crippen LogP contribution in [0.3, 0.4) is 0 Å². The smallest absolute Gasteiger partial charge is 0.135 e. The number of ether oxygens (including phenoxy) is 2. The number of rotatable bonds is 6. The van der Waals surface area contributed by atoms with Gasteiger partial charge in [-0.15, -0.1) is 0 Å². The molecule has 262 valence electrons. The molecule has 0 radical (unpaired) electrons. The predicted octanol–water partition coefficient (Wildman–Crippen LogP) is 7.98. The highest BCUT2D eigenvalue weighted by Gasteiger charge is 2.51. The molecule has 0 amide bonds. The quantitative estimate of drug-likeness (QED) is 0.0850. The van der Waals surface area contributed by atoms with E-state index in [1.807, 2.05) is 0 Å². The van der Waals surface area contributed by atoms with Crippen LogP contribution in [0.15, 0.2) is 121 Å². The van der Waals surface area contributed by atoms with Crippen molar-refractivity contribution in [3.63, 3.8) is 0 Å². The summed E-state index contributed by atoms with van der Waals surface area (Å²) in [6, 6.07) is 31.5. The van der Waals surface area contributed by atoms with E-state index in [0.29, 0.717) is 44.7 Å². The lowest BCUT2D eigenvalue weighted by molar-refractivity contribution is 0.0366. The van der Waals surface area contributed by atoms with Gasteiger partial charge in [-0.2, -0.15) is 0 Å². The van der Waals surface area contributed by atoms with Gasteiger partial charge in [0.2, 0.25) is 0 Å². The molecule has 10 heteroatoms. The van der Waals surface area contributed by atoms with Crippen LogP contribution in [0.2, 0.25) is 0 Å². The summed E-state index contributed by atoms with van der Waals surface area (Å²) in [5.41, 5.74) is 4.34. The van der Waals surface area contributed by atoms with Crippen molar-refractivity contribution >= 4 is 0 Å². The van der Waals surface area contributed by atoms with Crippen molar-refractivity contribution in [1.82, 2.24) is 0 Å². The van der Waals surface area contributed by atoms with Gasteiger partial charge in [-0.1, -0.05) is 36.4 Å². The van der Waals surface area contributed by atoms with Crippen molar-refractivity contribution in [2.24, 2.45) is 0 Å². The second kappa shape index (κ2) is 12.7. The molecule has 0 aliphatic carbocycles. The molecular formula is C42H34O10. The average Bonchev–Trinajstić information content (AvgIpc) is 3.68. The molecule has 1 saturated heterocycles. The summed E-state index contributed by atoms with van der Waals surface area (Å²) < 4.78 is 13.6. The van der Waals surface area contributed by atoms with Crippen LogP contribution in [0.4, 0.5) is 0 Å². The van der Waals surface area contributed by atoms with Crippen LogP contribution < -0.4 is 4.74 Å². The van der Waals surface area contributed by atoms with Gasteiger partial charge in [-0.25, -0.2) is 0 Å². The molecule has 6 atom stereocenters. The Morgan fingerprint density at radius 2 is 0.750 bits per heavy atom. The van der Waals surface area contributed by atoms with E-state index in [4.69, 9.17) is 9.47 Å². The number of hydrogen-bond acceptors (Lipinski definition) is 10. The molecule has 0 bridgehead atoms. The summed E-state index contributed by atoms with van der Waals surface area (Å²) in [5.74, 6) is -2.24. The number of phenolic OH excluding ortho intramolecular Hbond substituents is 8. The van der Waals surface area contributed by atoms with Crippen LogP contribution in [0.5, 0.6) is 51.7 Å². The van der Waals surface area contributed by atoms with Gasteiger partial charge in [0.25, 0.3) is 0 Å². The van der Waals surface area contributed by atoms with Crippen LogP contribution in [-0.2, 0) is 4.74 Å². The second-order valence-electron chi connectivity index (χ2n) is 13.3. The average molecular weight is 699 g/mol. The molecule has 52 heavy (non-hydrogen) atoms. The highest BCUT2D eigenvalue weighted by molar-refractivity contribution is 5.60. The molecule has 2 aliphatic rings. The number of phenols is 8. The molecule has 0 spiro atoms. The van der Waals surface area contributed by atoms with Crippen molar-refractivity contribution in [2.75, 3.05) is 0 Å². The minimum Gasteiger partial charge on any atom is -0.508 e. The topological polar surface area (TPSA) is 180 Å². The largest absolute Gasteiger partial charge is 0.508 e. The Morgan fingerprint density at radius 1 is 0.346 bits per heavy atom. The van der Waals surface area contributed by atoms with Crippen LogP contribution in [-0.4, -0.2) is 40.9 Å². The first-order chi connectivity index (χ1) is 25.0. The van der Waals surface area contributed by atoms with Gasteiger partial charge in [0, 0.05) is 35.6 Å². The number of hydrogen-bond donors (Lipinski definition) is 8. The van der Waals surface area contributed by atoms with Gasteiger partial charge in [-0.05, 0) is 100 Å². The van der Waals surface area contributed by atoms with E-state index in [1.54, 1.807) is 91.0 Å². The number of aromatic hydroxyl groups is 8. The van der Waals surface area contributed by atoms with Crippen LogP contribution >= 0.6 is 0 Å². The first-order valence-corrected chi connectivity index (χ1v) is 16.6. The molecule has 8 N–H and O–H groups in total. The van der Waals surface area contributed by atoms with E-state index in [1.165, 1.54) is 30.3 Å². The van der Waals surface area contributed by atoms with Gasteiger partial charge in [0.1, 0.15) is 57.8 Å².